The molecule has 0 saturated heterocycles. The highest BCUT2D eigenvalue weighted by atomic mass is 79.9. The van der Waals surface area contributed by atoms with Crippen molar-refractivity contribution >= 4 is 53.5 Å². The third-order valence-electron chi connectivity index (χ3n) is 2.65. The van der Waals surface area contributed by atoms with Crippen molar-refractivity contribution in [2.45, 2.75) is 6.92 Å². The van der Waals surface area contributed by atoms with Gasteiger partial charge in [-0.25, -0.2) is 12.8 Å². The summed E-state index contributed by atoms with van der Waals surface area (Å²) >= 11 is 6.12. The van der Waals surface area contributed by atoms with Crippen LogP contribution in [-0.2, 0) is 10.0 Å². The number of hydrogen-bond donors (Lipinski definition) is 1. The SMILES string of the molecule is Cc1ccc(NC(=O)c2nn(S(C)(=O)=O)c(Br)c2Br)c(F)c1. The van der Waals surface area contributed by atoms with Crippen LogP contribution in [0.15, 0.2) is 27.3 Å². The van der Waals surface area contributed by atoms with Gasteiger partial charge in [-0.15, -0.1) is 4.09 Å². The lowest BCUT2D eigenvalue weighted by molar-refractivity contribution is 0.102. The Morgan fingerprint density at radius 2 is 2.00 bits per heavy atom. The molecule has 0 fully saturated rings. The Morgan fingerprint density at radius 1 is 1.36 bits per heavy atom. The van der Waals surface area contributed by atoms with Crippen LogP contribution in [0.4, 0.5) is 10.1 Å². The van der Waals surface area contributed by atoms with Gasteiger partial charge < -0.3 is 5.32 Å². The molecule has 0 aliphatic heterocycles. The van der Waals surface area contributed by atoms with Crippen LogP contribution in [0, 0.1) is 12.7 Å². The number of amides is 1. The highest BCUT2D eigenvalue weighted by Crippen LogP contribution is 2.28. The maximum absolute atomic E-state index is 13.7. The number of benzene rings is 1. The number of carbonyl (C=O) groups excluding carboxylic acids is 1. The summed E-state index contributed by atoms with van der Waals surface area (Å²) in [6, 6.07) is 4.33. The van der Waals surface area contributed by atoms with E-state index in [4.69, 9.17) is 0 Å². The molecule has 22 heavy (non-hydrogen) atoms. The van der Waals surface area contributed by atoms with E-state index in [2.05, 4.69) is 42.3 Å². The van der Waals surface area contributed by atoms with Crippen LogP contribution in [0.3, 0.4) is 0 Å². The van der Waals surface area contributed by atoms with Crippen LogP contribution in [0.1, 0.15) is 16.1 Å². The monoisotopic (exact) mass is 453 g/mol. The van der Waals surface area contributed by atoms with Gasteiger partial charge >= 0.3 is 0 Å². The summed E-state index contributed by atoms with van der Waals surface area (Å²) in [5.41, 5.74) is 0.505. The fraction of sp³-hybridized carbons (Fsp3) is 0.167. The Hall–Kier alpha value is -1.26. The molecule has 6 nitrogen and oxygen atoms in total. The summed E-state index contributed by atoms with van der Waals surface area (Å²) < 4.78 is 37.7. The molecule has 1 amide bonds. The number of anilines is 1. The molecule has 1 heterocycles. The average Bonchev–Trinajstić information content (AvgIpc) is 2.69. The van der Waals surface area contributed by atoms with Crippen LogP contribution >= 0.6 is 31.9 Å². The van der Waals surface area contributed by atoms with E-state index in [-0.39, 0.29) is 20.5 Å². The minimum absolute atomic E-state index is 0.0208. The van der Waals surface area contributed by atoms with E-state index in [0.717, 1.165) is 6.26 Å². The molecule has 0 bridgehead atoms. The Morgan fingerprint density at radius 3 is 2.50 bits per heavy atom. The molecule has 10 heteroatoms. The van der Waals surface area contributed by atoms with E-state index >= 15 is 0 Å². The molecule has 118 valence electrons. The third-order valence-corrected chi connectivity index (χ3v) is 5.79. The molecule has 1 aromatic heterocycles. The fourth-order valence-electron chi connectivity index (χ4n) is 1.63. The molecular weight excluding hydrogens is 445 g/mol. The average molecular weight is 455 g/mol. The first-order chi connectivity index (χ1) is 10.1. The maximum atomic E-state index is 13.7. The molecule has 0 saturated carbocycles. The summed E-state index contributed by atoms with van der Waals surface area (Å²) in [4.78, 5) is 12.2. The molecule has 0 atom stereocenters. The summed E-state index contributed by atoms with van der Waals surface area (Å²) in [5.74, 6) is -1.33. The molecule has 2 aromatic rings. The van der Waals surface area contributed by atoms with Crippen molar-refractivity contribution in [1.29, 1.82) is 0 Å². The molecule has 0 radical (unpaired) electrons. The number of nitrogens with zero attached hydrogens (tertiary/aromatic N) is 2. The van der Waals surface area contributed by atoms with E-state index < -0.39 is 21.7 Å². The van der Waals surface area contributed by atoms with Gasteiger partial charge in [0.1, 0.15) is 10.4 Å². The number of rotatable bonds is 3. The van der Waals surface area contributed by atoms with Gasteiger partial charge in [0.25, 0.3) is 15.9 Å². The highest BCUT2D eigenvalue weighted by molar-refractivity contribution is 9.13. The smallest absolute Gasteiger partial charge is 0.277 e. The minimum atomic E-state index is -3.68. The molecule has 1 aromatic carbocycles. The van der Waals surface area contributed by atoms with Crippen LogP contribution in [-0.4, -0.2) is 29.8 Å². The second kappa shape index (κ2) is 6.09. The fourth-order valence-corrected chi connectivity index (χ4v) is 3.84. The van der Waals surface area contributed by atoms with Crippen LogP contribution in [0.5, 0.6) is 0 Å². The van der Waals surface area contributed by atoms with Crippen molar-refractivity contribution in [1.82, 2.24) is 9.19 Å². The van der Waals surface area contributed by atoms with Crippen LogP contribution < -0.4 is 5.32 Å². The maximum Gasteiger partial charge on any atom is 0.277 e. The highest BCUT2D eigenvalue weighted by Gasteiger charge is 2.24. The first-order valence-corrected chi connectivity index (χ1v) is 9.26. The van der Waals surface area contributed by atoms with Gasteiger partial charge in [0.05, 0.1) is 16.4 Å². The Kier molecular flexibility index (Phi) is 4.73. The van der Waals surface area contributed by atoms with Gasteiger partial charge in [0, 0.05) is 0 Å². The van der Waals surface area contributed by atoms with Crippen molar-refractivity contribution in [2.24, 2.45) is 0 Å². The number of halogens is 3. The zero-order valence-electron chi connectivity index (χ0n) is 11.4. The van der Waals surface area contributed by atoms with E-state index in [0.29, 0.717) is 9.65 Å². The summed E-state index contributed by atoms with van der Waals surface area (Å²) in [7, 11) is -3.68. The van der Waals surface area contributed by atoms with E-state index in [1.165, 1.54) is 12.1 Å². The normalized spacial score (nSPS) is 11.5. The Bertz CT molecular complexity index is 865. The molecule has 1 N–H and O–H groups in total. The lowest BCUT2D eigenvalue weighted by atomic mass is 10.2. The summed E-state index contributed by atoms with van der Waals surface area (Å²) in [5, 5.41) is 6.08. The zero-order valence-corrected chi connectivity index (χ0v) is 15.4. The third kappa shape index (κ3) is 3.39. The van der Waals surface area contributed by atoms with Gasteiger partial charge in [-0.2, -0.15) is 5.10 Å². The number of aromatic nitrogens is 2. The predicted molar refractivity (Wildman–Crippen MR) is 87.0 cm³/mol. The van der Waals surface area contributed by atoms with E-state index in [9.17, 15) is 17.6 Å². The standard InChI is InChI=1S/C12H10Br2FN3O3S/c1-6-3-4-8(7(15)5-6)16-12(19)10-9(13)11(14)18(17-10)22(2,20)21/h3-5H,1-2H3,(H,16,19). The zero-order chi connectivity index (χ0) is 16.7. The number of hydrogen-bond acceptors (Lipinski definition) is 4. The topological polar surface area (TPSA) is 81.1 Å². The van der Waals surface area contributed by atoms with Crippen molar-refractivity contribution in [3.63, 3.8) is 0 Å². The lowest BCUT2D eigenvalue weighted by Gasteiger charge is -2.05. The quantitative estimate of drug-likeness (QED) is 0.773. The van der Waals surface area contributed by atoms with Gasteiger partial charge in [0.15, 0.2) is 5.69 Å². The number of nitrogens with one attached hydrogen (secondary N) is 1. The van der Waals surface area contributed by atoms with Gasteiger partial charge in [-0.1, -0.05) is 6.07 Å². The Balaban J connectivity index is 2.38. The first-order valence-electron chi connectivity index (χ1n) is 5.83. The van der Waals surface area contributed by atoms with Crippen LogP contribution in [0.2, 0.25) is 0 Å². The molecular formula is C12H10Br2FN3O3S. The largest absolute Gasteiger partial charge is 0.318 e. The molecule has 0 aliphatic rings. The second-order valence-electron chi connectivity index (χ2n) is 4.50. The van der Waals surface area contributed by atoms with Gasteiger partial charge in [-0.3, -0.25) is 4.79 Å². The van der Waals surface area contributed by atoms with E-state index in [1.807, 2.05) is 0 Å². The van der Waals surface area contributed by atoms with Crippen LogP contribution in [0.25, 0.3) is 0 Å². The number of aryl methyl sites for hydroxylation is 1. The molecule has 0 spiro atoms. The molecule has 0 aliphatic carbocycles. The second-order valence-corrected chi connectivity index (χ2v) is 7.85. The number of carbonyl (C=O) groups is 1. The molecule has 2 rings (SSSR count). The van der Waals surface area contributed by atoms with Gasteiger partial charge in [-0.05, 0) is 56.5 Å². The van der Waals surface area contributed by atoms with Crippen molar-refractivity contribution in [2.75, 3.05) is 11.6 Å². The molecule has 0 unspecified atom stereocenters. The first kappa shape index (κ1) is 17.1. The Labute approximate surface area is 143 Å². The predicted octanol–water partition coefficient (Wildman–Crippen LogP) is 2.92. The van der Waals surface area contributed by atoms with Crippen molar-refractivity contribution in [3.8, 4) is 0 Å². The van der Waals surface area contributed by atoms with E-state index in [1.54, 1.807) is 13.0 Å². The summed E-state index contributed by atoms with van der Waals surface area (Å²) in [6.07, 6.45) is 0.943. The van der Waals surface area contributed by atoms with Gasteiger partial charge in [0.2, 0.25) is 0 Å². The minimum Gasteiger partial charge on any atom is -0.318 e. The van der Waals surface area contributed by atoms with Crippen molar-refractivity contribution in [3.05, 3.63) is 44.3 Å². The lowest BCUT2D eigenvalue weighted by Crippen LogP contribution is -2.17. The van der Waals surface area contributed by atoms with Crippen molar-refractivity contribution < 1.29 is 17.6 Å². The summed E-state index contributed by atoms with van der Waals surface area (Å²) in [6.45, 7) is 1.72.